The third-order valence-corrected chi connectivity index (χ3v) is 5.90. The van der Waals surface area contributed by atoms with Gasteiger partial charge in [0.25, 0.3) is 5.91 Å². The Labute approximate surface area is 167 Å². The van der Waals surface area contributed by atoms with Crippen LogP contribution in [0.2, 0.25) is 0 Å². The maximum absolute atomic E-state index is 13.8. The number of fused-ring (bicyclic) bond motifs is 1. The molecule has 2 N–H and O–H groups in total. The van der Waals surface area contributed by atoms with E-state index in [2.05, 4.69) is 15.7 Å². The Kier molecular flexibility index (Phi) is 5.27. The largest absolute Gasteiger partial charge is 0.410 e. The number of benzene rings is 1. The predicted molar refractivity (Wildman–Crippen MR) is 104 cm³/mol. The summed E-state index contributed by atoms with van der Waals surface area (Å²) in [5, 5.41) is 10.0. The molecule has 0 spiro atoms. The molecule has 1 aromatic carbocycles. The van der Waals surface area contributed by atoms with E-state index in [0.717, 1.165) is 47.9 Å². The fourth-order valence-electron chi connectivity index (χ4n) is 4.26. The molecule has 5 nitrogen and oxygen atoms in total. The van der Waals surface area contributed by atoms with Gasteiger partial charge >= 0.3 is 6.18 Å². The van der Waals surface area contributed by atoms with E-state index in [1.807, 2.05) is 31.2 Å². The summed E-state index contributed by atoms with van der Waals surface area (Å²) in [6.45, 7) is 1.93. The molecular weight excluding hydrogens is 381 g/mol. The number of nitrogens with one attached hydrogen (secondary N) is 2. The van der Waals surface area contributed by atoms with Crippen LogP contribution in [0.4, 0.5) is 19.0 Å². The number of amides is 1. The summed E-state index contributed by atoms with van der Waals surface area (Å²) in [6, 6.07) is 5.16. The number of carbonyl (C=O) groups excluding carboxylic acids is 1. The van der Waals surface area contributed by atoms with E-state index >= 15 is 0 Å². The van der Waals surface area contributed by atoms with Crippen LogP contribution in [-0.4, -0.2) is 27.9 Å². The molecule has 1 aliphatic heterocycles. The first kappa shape index (κ1) is 19.8. The molecule has 156 valence electrons. The van der Waals surface area contributed by atoms with E-state index < -0.39 is 18.3 Å². The molecule has 4 rings (SSSR count). The third kappa shape index (κ3) is 4.11. The van der Waals surface area contributed by atoms with Crippen LogP contribution >= 0.6 is 0 Å². The molecule has 29 heavy (non-hydrogen) atoms. The number of carbonyl (C=O) groups is 1. The fraction of sp³-hybridized carbons (Fsp3) is 0.524. The molecule has 0 saturated heterocycles. The first-order valence-corrected chi connectivity index (χ1v) is 10.1. The Bertz CT molecular complexity index is 869. The first-order valence-electron chi connectivity index (χ1n) is 10.1. The Balaban J connectivity index is 1.64. The molecule has 2 atom stereocenters. The maximum atomic E-state index is 13.8. The normalized spacial score (nSPS) is 22.6. The molecule has 2 heterocycles. The molecule has 1 fully saturated rings. The summed E-state index contributed by atoms with van der Waals surface area (Å²) in [6.07, 6.45) is 1.69. The summed E-state index contributed by atoms with van der Waals surface area (Å²) in [7, 11) is 0. The van der Waals surface area contributed by atoms with Gasteiger partial charge in [-0.25, -0.2) is 4.68 Å². The minimum Gasteiger partial charge on any atom is -0.363 e. The molecule has 0 unspecified atom stereocenters. The average Bonchev–Trinajstić information content (AvgIpc) is 3.12. The van der Waals surface area contributed by atoms with Crippen LogP contribution in [0.25, 0.3) is 0 Å². The first-order chi connectivity index (χ1) is 13.8. The van der Waals surface area contributed by atoms with Crippen LogP contribution in [0.5, 0.6) is 0 Å². The smallest absolute Gasteiger partial charge is 0.363 e. The average molecular weight is 406 g/mol. The van der Waals surface area contributed by atoms with Crippen molar-refractivity contribution in [3.63, 3.8) is 0 Å². The molecule has 0 bridgehead atoms. The van der Waals surface area contributed by atoms with Crippen LogP contribution in [0.1, 0.15) is 72.1 Å². The number of alkyl halides is 3. The second-order valence-electron chi connectivity index (χ2n) is 8.06. The lowest BCUT2D eigenvalue weighted by atomic mass is 9.95. The molecular formula is C21H25F3N4O. The quantitative estimate of drug-likeness (QED) is 0.761. The lowest BCUT2D eigenvalue weighted by Gasteiger charge is -2.34. The van der Waals surface area contributed by atoms with Crippen molar-refractivity contribution in [2.75, 3.05) is 5.32 Å². The highest BCUT2D eigenvalue weighted by atomic mass is 19.4. The van der Waals surface area contributed by atoms with Gasteiger partial charge in [-0.2, -0.15) is 18.3 Å². The van der Waals surface area contributed by atoms with Gasteiger partial charge in [-0.15, -0.1) is 0 Å². The Morgan fingerprint density at radius 2 is 1.86 bits per heavy atom. The number of nitrogens with zero attached hydrogens (tertiary/aromatic N) is 2. The van der Waals surface area contributed by atoms with Crippen molar-refractivity contribution in [2.45, 2.75) is 69.8 Å². The van der Waals surface area contributed by atoms with E-state index in [4.69, 9.17) is 0 Å². The van der Waals surface area contributed by atoms with Crippen molar-refractivity contribution in [3.05, 3.63) is 47.2 Å². The van der Waals surface area contributed by atoms with Crippen molar-refractivity contribution < 1.29 is 18.0 Å². The van der Waals surface area contributed by atoms with Gasteiger partial charge < -0.3 is 10.6 Å². The van der Waals surface area contributed by atoms with Crippen LogP contribution in [-0.2, 0) is 0 Å². The standard InChI is InChI=1S/C21H25F3N4O/c1-13-7-9-14(10-8-13)17-11-18(21(22,23)24)28-19(27-17)16(12-25-28)20(29)26-15-5-3-2-4-6-15/h7-10,12,15,17-18,27H,2-6,11H2,1H3,(H,26,29)/t17-,18+/m0/s1. The molecule has 1 amide bonds. The zero-order valence-electron chi connectivity index (χ0n) is 16.3. The van der Waals surface area contributed by atoms with Crippen molar-refractivity contribution >= 4 is 11.7 Å². The predicted octanol–water partition coefficient (Wildman–Crippen LogP) is 4.91. The van der Waals surface area contributed by atoms with E-state index in [1.165, 1.54) is 6.20 Å². The summed E-state index contributed by atoms with van der Waals surface area (Å²) in [5.74, 6) is -0.228. The van der Waals surface area contributed by atoms with Crippen LogP contribution < -0.4 is 10.6 Å². The minimum absolute atomic E-state index is 0.0710. The van der Waals surface area contributed by atoms with Crippen molar-refractivity contribution in [2.24, 2.45) is 0 Å². The zero-order valence-corrected chi connectivity index (χ0v) is 16.3. The van der Waals surface area contributed by atoms with Gasteiger partial charge in [-0.3, -0.25) is 4.79 Å². The number of hydrogen-bond donors (Lipinski definition) is 2. The van der Waals surface area contributed by atoms with Gasteiger partial charge in [0.15, 0.2) is 6.04 Å². The van der Waals surface area contributed by atoms with Gasteiger partial charge in [0.2, 0.25) is 0 Å². The Morgan fingerprint density at radius 1 is 1.17 bits per heavy atom. The van der Waals surface area contributed by atoms with E-state index in [9.17, 15) is 18.0 Å². The van der Waals surface area contributed by atoms with Gasteiger partial charge in [0, 0.05) is 12.5 Å². The molecule has 1 aromatic heterocycles. The number of halogens is 3. The summed E-state index contributed by atoms with van der Waals surface area (Å²) < 4.78 is 42.2. The van der Waals surface area contributed by atoms with E-state index in [0.29, 0.717) is 0 Å². The summed E-state index contributed by atoms with van der Waals surface area (Å²) in [5.41, 5.74) is 1.96. The lowest BCUT2D eigenvalue weighted by molar-refractivity contribution is -0.173. The fourth-order valence-corrected chi connectivity index (χ4v) is 4.26. The molecule has 1 aliphatic carbocycles. The van der Waals surface area contributed by atoms with Crippen molar-refractivity contribution in [1.82, 2.24) is 15.1 Å². The molecule has 2 aromatic rings. The van der Waals surface area contributed by atoms with E-state index in [-0.39, 0.29) is 29.8 Å². The second kappa shape index (κ2) is 7.72. The van der Waals surface area contributed by atoms with Gasteiger partial charge in [-0.1, -0.05) is 49.1 Å². The number of aromatic nitrogens is 2. The van der Waals surface area contributed by atoms with Gasteiger partial charge in [-0.05, 0) is 25.3 Å². The number of hydrogen-bond acceptors (Lipinski definition) is 3. The Hall–Kier alpha value is -2.51. The van der Waals surface area contributed by atoms with Crippen LogP contribution in [0.3, 0.4) is 0 Å². The highest BCUT2D eigenvalue weighted by molar-refractivity contribution is 5.99. The van der Waals surface area contributed by atoms with Crippen LogP contribution in [0, 0.1) is 6.92 Å². The second-order valence-corrected chi connectivity index (χ2v) is 8.06. The van der Waals surface area contributed by atoms with Gasteiger partial charge in [0.05, 0.1) is 12.2 Å². The van der Waals surface area contributed by atoms with Crippen molar-refractivity contribution in [3.8, 4) is 0 Å². The molecule has 2 aliphatic rings. The maximum Gasteiger partial charge on any atom is 0.410 e. The van der Waals surface area contributed by atoms with Crippen molar-refractivity contribution in [1.29, 1.82) is 0 Å². The topological polar surface area (TPSA) is 59.0 Å². The molecule has 0 radical (unpaired) electrons. The monoisotopic (exact) mass is 406 g/mol. The SMILES string of the molecule is Cc1ccc([C@@H]2C[C@H](C(F)(F)F)n3ncc(C(=O)NC4CCCCC4)c3N2)cc1. The van der Waals surface area contributed by atoms with Crippen LogP contribution in [0.15, 0.2) is 30.5 Å². The van der Waals surface area contributed by atoms with E-state index in [1.54, 1.807) is 0 Å². The third-order valence-electron chi connectivity index (χ3n) is 5.90. The zero-order chi connectivity index (χ0) is 20.6. The number of anilines is 1. The molecule has 1 saturated carbocycles. The minimum atomic E-state index is -4.46. The highest BCUT2D eigenvalue weighted by Crippen LogP contribution is 2.44. The summed E-state index contributed by atoms with van der Waals surface area (Å²) >= 11 is 0. The Morgan fingerprint density at radius 3 is 2.52 bits per heavy atom. The molecule has 8 heteroatoms. The lowest BCUT2D eigenvalue weighted by Crippen LogP contribution is -2.38. The summed E-state index contributed by atoms with van der Waals surface area (Å²) in [4.78, 5) is 12.8. The number of aryl methyl sites for hydroxylation is 1. The van der Waals surface area contributed by atoms with Gasteiger partial charge in [0.1, 0.15) is 11.4 Å². The highest BCUT2D eigenvalue weighted by Gasteiger charge is 2.47. The number of rotatable bonds is 3.